The normalized spacial score (nSPS) is 11.9. The van der Waals surface area contributed by atoms with E-state index >= 15 is 0 Å². The number of hydrogen-bond acceptors (Lipinski definition) is 3. The summed E-state index contributed by atoms with van der Waals surface area (Å²) in [6.07, 6.45) is -1.85. The highest BCUT2D eigenvalue weighted by molar-refractivity contribution is 5.89. The molecule has 0 aliphatic heterocycles. The summed E-state index contributed by atoms with van der Waals surface area (Å²) in [5, 5.41) is 0. The summed E-state index contributed by atoms with van der Waals surface area (Å²) in [7, 11) is 1.25. The summed E-state index contributed by atoms with van der Waals surface area (Å²) >= 11 is 0. The van der Waals surface area contributed by atoms with Crippen molar-refractivity contribution in [1.29, 1.82) is 0 Å². The minimum atomic E-state index is -1.85. The molecule has 80 valence electrons. The first-order valence-corrected chi connectivity index (χ1v) is 4.18. The van der Waals surface area contributed by atoms with Gasteiger partial charge in [0, 0.05) is 0 Å². The Labute approximate surface area is 85.8 Å². The first kappa shape index (κ1) is 11.2. The number of ether oxygens (including phenoxy) is 1. The van der Waals surface area contributed by atoms with E-state index in [0.717, 1.165) is 0 Å². The van der Waals surface area contributed by atoms with Crippen LogP contribution in [0.25, 0.3) is 0 Å². The van der Waals surface area contributed by atoms with Gasteiger partial charge in [-0.3, -0.25) is 4.79 Å². The Morgan fingerprint density at radius 1 is 1.33 bits per heavy atom. The Morgan fingerprint density at radius 2 is 1.87 bits per heavy atom. The van der Waals surface area contributed by atoms with Crippen molar-refractivity contribution in [2.24, 2.45) is 5.73 Å². The molecule has 1 aromatic rings. The number of rotatable bonds is 3. The lowest BCUT2D eigenvalue weighted by Gasteiger charge is -2.04. The van der Waals surface area contributed by atoms with Gasteiger partial charge in [0.15, 0.2) is 0 Å². The average molecular weight is 211 g/mol. The smallest absolute Gasteiger partial charge is 0.337 e. The van der Waals surface area contributed by atoms with Gasteiger partial charge in [0.2, 0.25) is 6.17 Å². The molecule has 2 N–H and O–H groups in total. The fourth-order valence-corrected chi connectivity index (χ4v) is 1.07. The molecule has 0 spiro atoms. The van der Waals surface area contributed by atoms with Crippen molar-refractivity contribution in [1.82, 2.24) is 0 Å². The van der Waals surface area contributed by atoms with Gasteiger partial charge >= 0.3 is 5.97 Å². The van der Waals surface area contributed by atoms with Gasteiger partial charge in [0.05, 0.1) is 12.7 Å². The molecule has 1 amide bonds. The molecule has 4 nitrogen and oxygen atoms in total. The number of nitrogens with two attached hydrogens (primary N) is 1. The van der Waals surface area contributed by atoms with Crippen LogP contribution in [-0.4, -0.2) is 19.0 Å². The lowest BCUT2D eigenvalue weighted by molar-refractivity contribution is -0.122. The molecule has 0 saturated carbocycles. The van der Waals surface area contributed by atoms with Crippen molar-refractivity contribution >= 4 is 11.9 Å². The van der Waals surface area contributed by atoms with Gasteiger partial charge in [0.25, 0.3) is 5.91 Å². The third-order valence-electron chi connectivity index (χ3n) is 1.87. The van der Waals surface area contributed by atoms with Crippen molar-refractivity contribution in [3.05, 3.63) is 35.4 Å². The van der Waals surface area contributed by atoms with Gasteiger partial charge in [-0.15, -0.1) is 0 Å². The van der Waals surface area contributed by atoms with E-state index in [-0.39, 0.29) is 11.1 Å². The first-order valence-electron chi connectivity index (χ1n) is 4.18. The molecule has 0 aromatic heterocycles. The molecule has 0 fully saturated rings. The van der Waals surface area contributed by atoms with Crippen molar-refractivity contribution in [2.45, 2.75) is 6.17 Å². The highest BCUT2D eigenvalue weighted by Gasteiger charge is 2.16. The summed E-state index contributed by atoms with van der Waals surface area (Å²) in [4.78, 5) is 21.6. The maximum absolute atomic E-state index is 13.1. The third-order valence-corrected chi connectivity index (χ3v) is 1.87. The first-order chi connectivity index (χ1) is 7.06. The summed E-state index contributed by atoms with van der Waals surface area (Å²) in [5.41, 5.74) is 5.20. The molecule has 1 rings (SSSR count). The van der Waals surface area contributed by atoms with Gasteiger partial charge < -0.3 is 10.5 Å². The van der Waals surface area contributed by atoms with Crippen LogP contribution >= 0.6 is 0 Å². The van der Waals surface area contributed by atoms with E-state index in [1.165, 1.54) is 31.4 Å². The average Bonchev–Trinajstić information content (AvgIpc) is 2.27. The number of esters is 1. The van der Waals surface area contributed by atoms with Gasteiger partial charge in [-0.05, 0) is 17.7 Å². The van der Waals surface area contributed by atoms with E-state index < -0.39 is 18.0 Å². The molecule has 0 saturated heterocycles. The maximum atomic E-state index is 13.1. The number of hydrogen-bond donors (Lipinski definition) is 1. The molecular weight excluding hydrogens is 201 g/mol. The van der Waals surface area contributed by atoms with Gasteiger partial charge in [-0.25, -0.2) is 9.18 Å². The van der Waals surface area contributed by atoms with Crippen LogP contribution in [0.1, 0.15) is 22.1 Å². The summed E-state index contributed by atoms with van der Waals surface area (Å²) in [5.74, 6) is -1.57. The van der Waals surface area contributed by atoms with Crippen LogP contribution in [0.4, 0.5) is 4.39 Å². The second-order valence-corrected chi connectivity index (χ2v) is 2.88. The number of halogens is 1. The lowest BCUT2D eigenvalue weighted by atomic mass is 10.1. The number of primary amides is 1. The maximum Gasteiger partial charge on any atom is 0.337 e. The molecule has 0 aliphatic carbocycles. The number of amides is 1. The third kappa shape index (κ3) is 2.52. The minimum Gasteiger partial charge on any atom is -0.465 e. The van der Waals surface area contributed by atoms with Crippen molar-refractivity contribution in [3.63, 3.8) is 0 Å². The van der Waals surface area contributed by atoms with E-state index in [0.29, 0.717) is 0 Å². The SMILES string of the molecule is COC(=O)c1ccc(C(F)C(N)=O)cc1. The minimum absolute atomic E-state index is 0.121. The molecule has 1 unspecified atom stereocenters. The number of benzene rings is 1. The zero-order valence-electron chi connectivity index (χ0n) is 8.07. The monoisotopic (exact) mass is 211 g/mol. The van der Waals surface area contributed by atoms with E-state index in [4.69, 9.17) is 5.73 Å². The Balaban J connectivity index is 2.90. The zero-order valence-corrected chi connectivity index (χ0v) is 8.07. The van der Waals surface area contributed by atoms with Crippen molar-refractivity contribution < 1.29 is 18.7 Å². The number of alkyl halides is 1. The van der Waals surface area contributed by atoms with E-state index in [1.807, 2.05) is 0 Å². The van der Waals surface area contributed by atoms with Crippen LogP contribution in [-0.2, 0) is 9.53 Å². The Bertz CT molecular complexity index is 375. The Hall–Kier alpha value is -1.91. The van der Waals surface area contributed by atoms with E-state index in [2.05, 4.69) is 4.74 Å². The van der Waals surface area contributed by atoms with Crippen LogP contribution in [0.15, 0.2) is 24.3 Å². The number of methoxy groups -OCH3 is 1. The Morgan fingerprint density at radius 3 is 2.27 bits per heavy atom. The van der Waals surface area contributed by atoms with Crippen LogP contribution < -0.4 is 5.73 Å². The van der Waals surface area contributed by atoms with Gasteiger partial charge in [0.1, 0.15) is 0 Å². The van der Waals surface area contributed by atoms with Crippen LogP contribution in [0.3, 0.4) is 0 Å². The molecule has 0 radical (unpaired) electrons. The second kappa shape index (κ2) is 4.54. The molecule has 0 aliphatic rings. The number of carbonyl (C=O) groups excluding carboxylic acids is 2. The fraction of sp³-hybridized carbons (Fsp3) is 0.200. The second-order valence-electron chi connectivity index (χ2n) is 2.88. The van der Waals surface area contributed by atoms with E-state index in [1.54, 1.807) is 0 Å². The van der Waals surface area contributed by atoms with Crippen LogP contribution in [0.5, 0.6) is 0 Å². The highest BCUT2D eigenvalue weighted by Crippen LogP contribution is 2.17. The highest BCUT2D eigenvalue weighted by atomic mass is 19.1. The molecule has 0 bridgehead atoms. The molecule has 0 heterocycles. The fourth-order valence-electron chi connectivity index (χ4n) is 1.07. The molecular formula is C10H10FNO3. The van der Waals surface area contributed by atoms with Crippen molar-refractivity contribution in [2.75, 3.05) is 7.11 Å². The summed E-state index contributed by atoms with van der Waals surface area (Å²) in [6, 6.07) is 5.39. The van der Waals surface area contributed by atoms with E-state index in [9.17, 15) is 14.0 Å². The summed E-state index contributed by atoms with van der Waals surface area (Å²) in [6.45, 7) is 0. The zero-order chi connectivity index (χ0) is 11.4. The molecule has 15 heavy (non-hydrogen) atoms. The lowest BCUT2D eigenvalue weighted by Crippen LogP contribution is -2.17. The van der Waals surface area contributed by atoms with Crippen LogP contribution in [0, 0.1) is 0 Å². The summed E-state index contributed by atoms with van der Waals surface area (Å²) < 4.78 is 17.5. The number of carbonyl (C=O) groups is 2. The Kier molecular flexibility index (Phi) is 3.38. The largest absolute Gasteiger partial charge is 0.465 e. The van der Waals surface area contributed by atoms with Crippen LogP contribution in [0.2, 0.25) is 0 Å². The topological polar surface area (TPSA) is 69.4 Å². The standard InChI is InChI=1S/C10H10FNO3/c1-15-10(14)7-4-2-6(3-5-7)8(11)9(12)13/h2-5,8H,1H3,(H2,12,13). The van der Waals surface area contributed by atoms with Crippen molar-refractivity contribution in [3.8, 4) is 0 Å². The molecule has 5 heteroatoms. The predicted molar refractivity (Wildman–Crippen MR) is 50.8 cm³/mol. The predicted octanol–water partition coefficient (Wildman–Crippen LogP) is 0.969. The molecule has 1 atom stereocenters. The quantitative estimate of drug-likeness (QED) is 0.757. The molecule has 1 aromatic carbocycles. The van der Waals surface area contributed by atoms with Gasteiger partial charge in [-0.2, -0.15) is 0 Å². The van der Waals surface area contributed by atoms with Gasteiger partial charge in [-0.1, -0.05) is 12.1 Å².